The second kappa shape index (κ2) is 7.66. The quantitative estimate of drug-likeness (QED) is 0.812. The topological polar surface area (TPSA) is 54.6 Å². The van der Waals surface area contributed by atoms with Gasteiger partial charge in [-0.3, -0.25) is 0 Å². The summed E-state index contributed by atoms with van der Waals surface area (Å²) in [6, 6.07) is 9.04. The average Bonchev–Trinajstić information content (AvgIpc) is 3.08. The molecule has 0 atom stereocenters. The van der Waals surface area contributed by atoms with E-state index in [1.54, 1.807) is 0 Å². The third-order valence-corrected chi connectivity index (χ3v) is 4.31. The number of nitrogens with zero attached hydrogens (tertiary/aromatic N) is 4. The molecule has 1 aliphatic heterocycles. The Morgan fingerprint density at radius 2 is 1.88 bits per heavy atom. The van der Waals surface area contributed by atoms with Crippen LogP contribution >= 0.6 is 0 Å². The molecule has 1 aromatic carbocycles. The van der Waals surface area contributed by atoms with Crippen molar-refractivity contribution >= 4 is 11.4 Å². The highest BCUT2D eigenvalue weighted by molar-refractivity contribution is 5.57. The number of ether oxygens (including phenoxy) is 1. The molecule has 1 fully saturated rings. The molecule has 1 aromatic heterocycles. The Labute approximate surface area is 143 Å². The van der Waals surface area contributed by atoms with E-state index >= 15 is 0 Å². The minimum absolute atomic E-state index is 0.344. The first-order valence-corrected chi connectivity index (χ1v) is 8.68. The second-order valence-corrected chi connectivity index (χ2v) is 6.30. The van der Waals surface area contributed by atoms with Gasteiger partial charge in [0.1, 0.15) is 0 Å². The molecule has 0 spiro atoms. The highest BCUT2D eigenvalue weighted by Crippen LogP contribution is 2.24. The first kappa shape index (κ1) is 16.8. The first-order chi connectivity index (χ1) is 11.7. The fourth-order valence-corrected chi connectivity index (χ4v) is 2.89. The Balaban J connectivity index is 1.73. The van der Waals surface area contributed by atoms with Crippen molar-refractivity contribution in [3.63, 3.8) is 0 Å². The predicted molar refractivity (Wildman–Crippen MR) is 94.5 cm³/mol. The second-order valence-electron chi connectivity index (χ2n) is 6.30. The van der Waals surface area contributed by atoms with Gasteiger partial charge < -0.3 is 19.1 Å². The van der Waals surface area contributed by atoms with Crippen molar-refractivity contribution in [1.82, 2.24) is 10.1 Å². The zero-order valence-corrected chi connectivity index (χ0v) is 14.7. The van der Waals surface area contributed by atoms with E-state index in [1.807, 2.05) is 6.92 Å². The summed E-state index contributed by atoms with van der Waals surface area (Å²) in [7, 11) is 0. The van der Waals surface area contributed by atoms with Crippen molar-refractivity contribution in [3.8, 4) is 0 Å². The minimum atomic E-state index is 0.344. The molecule has 0 unspecified atom stereocenters. The lowest BCUT2D eigenvalue weighted by Crippen LogP contribution is -2.36. The molecule has 2 aromatic rings. The zero-order valence-electron chi connectivity index (χ0n) is 14.7. The third kappa shape index (κ3) is 3.87. The Kier molecular flexibility index (Phi) is 5.35. The van der Waals surface area contributed by atoms with Crippen LogP contribution in [0, 0.1) is 0 Å². The van der Waals surface area contributed by atoms with E-state index in [1.165, 1.54) is 11.4 Å². The summed E-state index contributed by atoms with van der Waals surface area (Å²) in [4.78, 5) is 9.06. The number of aryl methyl sites for hydroxylation is 1. The lowest BCUT2D eigenvalue weighted by Gasteiger charge is -2.31. The van der Waals surface area contributed by atoms with Crippen LogP contribution in [0.5, 0.6) is 0 Å². The van der Waals surface area contributed by atoms with Crippen LogP contribution in [-0.2, 0) is 17.7 Å². The lowest BCUT2D eigenvalue weighted by atomic mass is 10.2. The molecule has 2 heterocycles. The minimum Gasteiger partial charge on any atom is -0.378 e. The number of rotatable bonds is 6. The van der Waals surface area contributed by atoms with Gasteiger partial charge in [0, 0.05) is 36.9 Å². The highest BCUT2D eigenvalue weighted by atomic mass is 16.5. The van der Waals surface area contributed by atoms with Gasteiger partial charge in [-0.25, -0.2) is 0 Å². The van der Waals surface area contributed by atoms with Gasteiger partial charge in [-0.05, 0) is 38.1 Å². The van der Waals surface area contributed by atoms with Gasteiger partial charge >= 0.3 is 0 Å². The van der Waals surface area contributed by atoms with Crippen LogP contribution in [0.4, 0.5) is 11.4 Å². The molecule has 0 saturated carbocycles. The molecule has 0 aliphatic carbocycles. The molecule has 6 heteroatoms. The summed E-state index contributed by atoms with van der Waals surface area (Å²) in [5.74, 6) is 1.43. The fraction of sp³-hybridized carbons (Fsp3) is 0.556. The molecular weight excluding hydrogens is 304 g/mol. The molecule has 0 N–H and O–H groups in total. The summed E-state index contributed by atoms with van der Waals surface area (Å²) in [6.07, 6.45) is 0.791. The third-order valence-electron chi connectivity index (χ3n) is 4.31. The maximum atomic E-state index is 5.42. The first-order valence-electron chi connectivity index (χ1n) is 8.68. The Morgan fingerprint density at radius 1 is 1.17 bits per heavy atom. The molecule has 1 saturated heterocycles. The number of hydrogen-bond donors (Lipinski definition) is 0. The Hall–Kier alpha value is -2.08. The van der Waals surface area contributed by atoms with Gasteiger partial charge in [0.05, 0.1) is 19.8 Å². The lowest BCUT2D eigenvalue weighted by molar-refractivity contribution is 0.122. The summed E-state index contributed by atoms with van der Waals surface area (Å²) in [5, 5.41) is 3.98. The highest BCUT2D eigenvalue weighted by Gasteiger charge is 2.16. The van der Waals surface area contributed by atoms with Crippen molar-refractivity contribution in [2.75, 3.05) is 36.1 Å². The smallest absolute Gasteiger partial charge is 0.246 e. The number of morpholine rings is 1. The standard InChI is InChI=1S/C18H26N4O2/c1-4-17-19-18(24-20-17)13-22(14(2)3)16-7-5-15(6-8-16)21-9-11-23-12-10-21/h5-8,14H,4,9-13H2,1-3H3. The van der Waals surface area contributed by atoms with Crippen molar-refractivity contribution in [2.45, 2.75) is 39.8 Å². The van der Waals surface area contributed by atoms with E-state index in [0.717, 1.165) is 38.5 Å². The molecule has 6 nitrogen and oxygen atoms in total. The van der Waals surface area contributed by atoms with Crippen molar-refractivity contribution in [1.29, 1.82) is 0 Å². The monoisotopic (exact) mass is 330 g/mol. The van der Waals surface area contributed by atoms with Crippen LogP contribution in [0.2, 0.25) is 0 Å². The maximum Gasteiger partial charge on any atom is 0.246 e. The van der Waals surface area contributed by atoms with Crippen LogP contribution in [0.3, 0.4) is 0 Å². The summed E-state index contributed by atoms with van der Waals surface area (Å²) in [5.41, 5.74) is 2.41. The molecule has 0 amide bonds. The molecule has 3 rings (SSSR count). The molecule has 0 bridgehead atoms. The number of hydrogen-bond acceptors (Lipinski definition) is 6. The molecule has 0 radical (unpaired) electrons. The largest absolute Gasteiger partial charge is 0.378 e. The van der Waals surface area contributed by atoms with E-state index in [4.69, 9.17) is 9.26 Å². The summed E-state index contributed by atoms with van der Waals surface area (Å²) < 4.78 is 10.8. The van der Waals surface area contributed by atoms with Crippen LogP contribution in [-0.4, -0.2) is 42.5 Å². The van der Waals surface area contributed by atoms with Gasteiger partial charge in [0.15, 0.2) is 5.82 Å². The van der Waals surface area contributed by atoms with Crippen LogP contribution in [0.1, 0.15) is 32.5 Å². The molecule has 24 heavy (non-hydrogen) atoms. The van der Waals surface area contributed by atoms with Crippen molar-refractivity contribution in [3.05, 3.63) is 36.0 Å². The molecule has 1 aliphatic rings. The number of anilines is 2. The van der Waals surface area contributed by atoms with Gasteiger partial charge in [-0.15, -0.1) is 0 Å². The summed E-state index contributed by atoms with van der Waals surface area (Å²) in [6.45, 7) is 10.5. The van der Waals surface area contributed by atoms with E-state index in [-0.39, 0.29) is 0 Å². The SMILES string of the molecule is CCc1noc(CN(c2ccc(N3CCOCC3)cc2)C(C)C)n1. The fourth-order valence-electron chi connectivity index (χ4n) is 2.89. The zero-order chi connectivity index (χ0) is 16.9. The van der Waals surface area contributed by atoms with Crippen molar-refractivity contribution < 1.29 is 9.26 Å². The van der Waals surface area contributed by atoms with Crippen LogP contribution < -0.4 is 9.80 Å². The Bertz CT molecular complexity index is 633. The molecular formula is C18H26N4O2. The molecule has 130 valence electrons. The average molecular weight is 330 g/mol. The van der Waals surface area contributed by atoms with E-state index < -0.39 is 0 Å². The Morgan fingerprint density at radius 3 is 2.46 bits per heavy atom. The van der Waals surface area contributed by atoms with Crippen LogP contribution in [0.15, 0.2) is 28.8 Å². The van der Waals surface area contributed by atoms with E-state index in [0.29, 0.717) is 18.5 Å². The number of benzene rings is 1. The number of aromatic nitrogens is 2. The van der Waals surface area contributed by atoms with Gasteiger partial charge in [-0.2, -0.15) is 4.98 Å². The predicted octanol–water partition coefficient (Wildman–Crippen LogP) is 2.88. The van der Waals surface area contributed by atoms with E-state index in [9.17, 15) is 0 Å². The van der Waals surface area contributed by atoms with Gasteiger partial charge in [-0.1, -0.05) is 12.1 Å². The van der Waals surface area contributed by atoms with Gasteiger partial charge in [0.25, 0.3) is 0 Å². The summed E-state index contributed by atoms with van der Waals surface area (Å²) >= 11 is 0. The van der Waals surface area contributed by atoms with Crippen molar-refractivity contribution in [2.24, 2.45) is 0 Å². The normalized spacial score (nSPS) is 15.1. The maximum absolute atomic E-state index is 5.42. The van der Waals surface area contributed by atoms with E-state index in [2.05, 4.69) is 58.1 Å². The van der Waals surface area contributed by atoms with Crippen LogP contribution in [0.25, 0.3) is 0 Å². The van der Waals surface area contributed by atoms with Gasteiger partial charge in [0.2, 0.25) is 5.89 Å².